The van der Waals surface area contributed by atoms with Crippen LogP contribution < -0.4 is 10.7 Å². The predicted molar refractivity (Wildman–Crippen MR) is 75.9 cm³/mol. The molecule has 3 rings (SSSR count). The molecule has 110 valence electrons. The number of nitrogens with zero attached hydrogens (tertiary/aromatic N) is 2. The van der Waals surface area contributed by atoms with Crippen molar-refractivity contribution in [1.29, 1.82) is 0 Å². The van der Waals surface area contributed by atoms with Gasteiger partial charge in [0.2, 0.25) is 0 Å². The fourth-order valence-corrected chi connectivity index (χ4v) is 2.43. The maximum atomic E-state index is 12.3. The van der Waals surface area contributed by atoms with Crippen LogP contribution in [0.2, 0.25) is 0 Å². The van der Waals surface area contributed by atoms with Crippen molar-refractivity contribution in [2.75, 3.05) is 0 Å². The summed E-state index contributed by atoms with van der Waals surface area (Å²) < 4.78 is 7.23. The Morgan fingerprint density at radius 3 is 2.81 bits per heavy atom. The molecular weight excluding hydrogens is 270 g/mol. The Labute approximate surface area is 121 Å². The molecule has 0 spiro atoms. The number of rotatable bonds is 4. The summed E-state index contributed by atoms with van der Waals surface area (Å²) in [6, 6.07) is 2.42. The van der Waals surface area contributed by atoms with Gasteiger partial charge in [0.05, 0.1) is 6.04 Å². The summed E-state index contributed by atoms with van der Waals surface area (Å²) >= 11 is 0. The highest BCUT2D eigenvalue weighted by Gasteiger charge is 2.36. The summed E-state index contributed by atoms with van der Waals surface area (Å²) in [7, 11) is 1.90. The minimum atomic E-state index is -0.379. The highest BCUT2D eigenvalue weighted by Crippen LogP contribution is 2.40. The van der Waals surface area contributed by atoms with Gasteiger partial charge >= 0.3 is 0 Å². The molecule has 1 fully saturated rings. The van der Waals surface area contributed by atoms with Gasteiger partial charge in [0.25, 0.3) is 5.91 Å². The predicted octanol–water partition coefficient (Wildman–Crippen LogP) is 1.56. The molecule has 6 heteroatoms. The van der Waals surface area contributed by atoms with E-state index in [1.54, 1.807) is 13.1 Å². The maximum Gasteiger partial charge on any atom is 0.287 e. The lowest BCUT2D eigenvalue weighted by atomic mass is 10.1. The van der Waals surface area contributed by atoms with E-state index < -0.39 is 0 Å². The van der Waals surface area contributed by atoms with Gasteiger partial charge in [-0.25, -0.2) is 4.98 Å². The average molecular weight is 287 g/mol. The minimum Gasteiger partial charge on any atom is -0.456 e. The van der Waals surface area contributed by atoms with Gasteiger partial charge in [0.1, 0.15) is 11.6 Å². The topological polar surface area (TPSA) is 77.1 Å². The second-order valence-corrected chi connectivity index (χ2v) is 5.45. The second-order valence-electron chi connectivity index (χ2n) is 5.45. The van der Waals surface area contributed by atoms with Crippen LogP contribution in [0, 0.1) is 12.8 Å². The number of hydrogen-bond donors (Lipinski definition) is 1. The number of carbonyl (C=O) groups excluding carboxylic acids is 1. The summed E-state index contributed by atoms with van der Waals surface area (Å²) in [5.41, 5.74) is -0.233. The monoisotopic (exact) mass is 287 g/mol. The van der Waals surface area contributed by atoms with Gasteiger partial charge in [0, 0.05) is 31.6 Å². The lowest BCUT2D eigenvalue weighted by molar-refractivity contribution is 0.0896. The van der Waals surface area contributed by atoms with E-state index in [1.807, 2.05) is 17.8 Å². The Balaban J connectivity index is 1.84. The SMILES string of the molecule is Cc1cc(=O)cc(C(=O)N[C@H](c2nccn2C)C2CC2)o1. The van der Waals surface area contributed by atoms with Gasteiger partial charge in [-0.2, -0.15) is 0 Å². The summed E-state index contributed by atoms with van der Waals surface area (Å²) in [6.45, 7) is 1.65. The number of aryl methyl sites for hydroxylation is 2. The van der Waals surface area contributed by atoms with Crippen molar-refractivity contribution in [3.63, 3.8) is 0 Å². The third-order valence-electron chi connectivity index (χ3n) is 3.63. The normalized spacial score (nSPS) is 15.7. The van der Waals surface area contributed by atoms with Crippen LogP contribution in [0.25, 0.3) is 0 Å². The highest BCUT2D eigenvalue weighted by atomic mass is 16.3. The number of carbonyl (C=O) groups is 1. The molecule has 0 aliphatic heterocycles. The highest BCUT2D eigenvalue weighted by molar-refractivity contribution is 5.91. The Hall–Kier alpha value is -2.37. The van der Waals surface area contributed by atoms with E-state index in [0.717, 1.165) is 18.7 Å². The van der Waals surface area contributed by atoms with Crippen LogP contribution in [0.3, 0.4) is 0 Å². The molecule has 0 unspecified atom stereocenters. The summed E-state index contributed by atoms with van der Waals surface area (Å²) in [4.78, 5) is 28.1. The van der Waals surface area contributed by atoms with Gasteiger partial charge < -0.3 is 14.3 Å². The molecule has 2 heterocycles. The fourth-order valence-electron chi connectivity index (χ4n) is 2.43. The first-order valence-electron chi connectivity index (χ1n) is 6.94. The Morgan fingerprint density at radius 1 is 1.48 bits per heavy atom. The first-order chi connectivity index (χ1) is 10.0. The molecule has 0 aromatic carbocycles. The van der Waals surface area contributed by atoms with E-state index in [9.17, 15) is 9.59 Å². The molecule has 1 aliphatic carbocycles. The van der Waals surface area contributed by atoms with E-state index in [-0.39, 0.29) is 23.1 Å². The number of amides is 1. The van der Waals surface area contributed by atoms with Crippen molar-refractivity contribution in [3.8, 4) is 0 Å². The summed E-state index contributed by atoms with van der Waals surface area (Å²) in [6.07, 6.45) is 5.69. The maximum absolute atomic E-state index is 12.3. The van der Waals surface area contributed by atoms with E-state index in [2.05, 4.69) is 10.3 Å². The van der Waals surface area contributed by atoms with Crippen molar-refractivity contribution < 1.29 is 9.21 Å². The van der Waals surface area contributed by atoms with Gasteiger partial charge in [-0.05, 0) is 25.7 Å². The quantitative estimate of drug-likeness (QED) is 0.925. The van der Waals surface area contributed by atoms with Crippen molar-refractivity contribution in [2.24, 2.45) is 13.0 Å². The first kappa shape index (κ1) is 13.6. The minimum absolute atomic E-state index is 0.0415. The zero-order valence-corrected chi connectivity index (χ0v) is 12.0. The smallest absolute Gasteiger partial charge is 0.287 e. The van der Waals surface area contributed by atoms with Crippen LogP contribution in [-0.2, 0) is 7.05 Å². The van der Waals surface area contributed by atoms with Gasteiger partial charge in [0.15, 0.2) is 11.2 Å². The van der Waals surface area contributed by atoms with E-state index in [4.69, 9.17) is 4.42 Å². The third kappa shape index (κ3) is 2.89. The van der Waals surface area contributed by atoms with Gasteiger partial charge in [-0.3, -0.25) is 9.59 Å². The molecule has 1 amide bonds. The average Bonchev–Trinajstić information content (AvgIpc) is 3.17. The standard InChI is InChI=1S/C15H17N3O3/c1-9-7-11(19)8-12(21-9)15(20)17-13(10-3-4-10)14-16-5-6-18(14)2/h5-8,10,13H,3-4H2,1-2H3,(H,17,20)/t13-/m0/s1. The fraction of sp³-hybridized carbons (Fsp3) is 0.400. The van der Waals surface area contributed by atoms with Crippen LogP contribution in [-0.4, -0.2) is 15.5 Å². The number of aromatic nitrogens is 2. The molecule has 1 N–H and O–H groups in total. The van der Waals surface area contributed by atoms with Crippen molar-refractivity contribution in [3.05, 3.63) is 52.1 Å². The zero-order chi connectivity index (χ0) is 15.0. The van der Waals surface area contributed by atoms with Crippen molar-refractivity contribution in [1.82, 2.24) is 14.9 Å². The molecule has 1 aliphatic rings. The first-order valence-corrected chi connectivity index (χ1v) is 6.94. The Bertz CT molecular complexity index is 728. The molecule has 0 saturated heterocycles. The molecule has 1 atom stereocenters. The van der Waals surface area contributed by atoms with E-state index in [0.29, 0.717) is 11.7 Å². The number of imidazole rings is 1. The largest absolute Gasteiger partial charge is 0.456 e. The van der Waals surface area contributed by atoms with E-state index >= 15 is 0 Å². The van der Waals surface area contributed by atoms with Gasteiger partial charge in [-0.1, -0.05) is 0 Å². The van der Waals surface area contributed by atoms with Crippen LogP contribution in [0.1, 0.15) is 41.0 Å². The molecular formula is C15H17N3O3. The second kappa shape index (κ2) is 5.20. The van der Waals surface area contributed by atoms with Crippen LogP contribution >= 0.6 is 0 Å². The molecule has 0 bridgehead atoms. The third-order valence-corrected chi connectivity index (χ3v) is 3.63. The summed E-state index contributed by atoms with van der Waals surface area (Å²) in [5, 5.41) is 2.94. The van der Waals surface area contributed by atoms with Crippen molar-refractivity contribution >= 4 is 5.91 Å². The van der Waals surface area contributed by atoms with E-state index in [1.165, 1.54) is 12.1 Å². The van der Waals surface area contributed by atoms with Crippen LogP contribution in [0.4, 0.5) is 0 Å². The molecule has 0 radical (unpaired) electrons. The Morgan fingerprint density at radius 2 is 2.24 bits per heavy atom. The van der Waals surface area contributed by atoms with Gasteiger partial charge in [-0.15, -0.1) is 0 Å². The lowest BCUT2D eigenvalue weighted by Crippen LogP contribution is -2.32. The van der Waals surface area contributed by atoms with Crippen molar-refractivity contribution in [2.45, 2.75) is 25.8 Å². The Kier molecular flexibility index (Phi) is 3.37. The lowest BCUT2D eigenvalue weighted by Gasteiger charge is -2.17. The number of hydrogen-bond acceptors (Lipinski definition) is 4. The van der Waals surface area contributed by atoms with Crippen LogP contribution in [0.15, 0.2) is 33.7 Å². The molecule has 2 aromatic rings. The van der Waals surface area contributed by atoms with Crippen LogP contribution in [0.5, 0.6) is 0 Å². The zero-order valence-electron chi connectivity index (χ0n) is 12.0. The molecule has 21 heavy (non-hydrogen) atoms. The molecule has 2 aromatic heterocycles. The summed E-state index contributed by atoms with van der Waals surface area (Å²) in [5.74, 6) is 1.30. The molecule has 6 nitrogen and oxygen atoms in total. The number of nitrogens with one attached hydrogen (secondary N) is 1. The molecule has 1 saturated carbocycles.